The van der Waals surface area contributed by atoms with Gasteiger partial charge in [-0.15, -0.1) is 0 Å². The Hall–Kier alpha value is -4.03. The van der Waals surface area contributed by atoms with Gasteiger partial charge in [-0.2, -0.15) is 5.10 Å². The Balaban J connectivity index is 1.50. The molecule has 1 amide bonds. The van der Waals surface area contributed by atoms with Crippen molar-refractivity contribution in [3.63, 3.8) is 0 Å². The molecule has 148 valence electrons. The summed E-state index contributed by atoms with van der Waals surface area (Å²) >= 11 is 0. The first-order valence-electron chi connectivity index (χ1n) is 9.49. The third kappa shape index (κ3) is 4.87. The van der Waals surface area contributed by atoms with E-state index in [0.29, 0.717) is 6.61 Å². The number of para-hydroxylation sites is 1. The van der Waals surface area contributed by atoms with Crippen molar-refractivity contribution in [1.82, 2.24) is 20.2 Å². The Morgan fingerprint density at radius 2 is 1.77 bits per heavy atom. The lowest BCUT2D eigenvalue weighted by atomic mass is 10.1. The zero-order valence-electron chi connectivity index (χ0n) is 16.2. The van der Waals surface area contributed by atoms with Gasteiger partial charge in [0.05, 0.1) is 12.3 Å². The summed E-state index contributed by atoms with van der Waals surface area (Å²) in [5.41, 5.74) is 6.74. The smallest absolute Gasteiger partial charge is 0.267 e. The maximum atomic E-state index is 12.2. The maximum Gasteiger partial charge on any atom is 0.267 e. The monoisotopic (exact) mass is 396 g/mol. The average molecular weight is 396 g/mol. The number of hydroxylamine groups is 1. The quantitative estimate of drug-likeness (QED) is 0.376. The molecule has 2 aromatic carbocycles. The second kappa shape index (κ2) is 9.45. The first-order chi connectivity index (χ1) is 14.8. The number of rotatable bonds is 7. The molecule has 0 atom stereocenters. The van der Waals surface area contributed by atoms with Gasteiger partial charge in [0.1, 0.15) is 5.69 Å². The van der Waals surface area contributed by atoms with E-state index in [-0.39, 0.29) is 5.91 Å². The van der Waals surface area contributed by atoms with Crippen LogP contribution in [0.1, 0.15) is 11.1 Å². The summed E-state index contributed by atoms with van der Waals surface area (Å²) in [5, 5.41) is 4.69. The molecule has 0 aliphatic carbocycles. The fraction of sp³-hybridized carbons (Fsp3) is 0.0417. The molecule has 0 radical (unpaired) electrons. The van der Waals surface area contributed by atoms with Gasteiger partial charge >= 0.3 is 0 Å². The molecule has 6 heteroatoms. The predicted octanol–water partition coefficient (Wildman–Crippen LogP) is 4.20. The Morgan fingerprint density at radius 1 is 1.00 bits per heavy atom. The Kier molecular flexibility index (Phi) is 6.08. The Labute approximate surface area is 174 Å². The van der Waals surface area contributed by atoms with Gasteiger partial charge in [0.25, 0.3) is 5.91 Å². The molecular formula is C24H20N4O2. The van der Waals surface area contributed by atoms with Crippen LogP contribution in [-0.4, -0.2) is 20.7 Å². The molecule has 2 heterocycles. The van der Waals surface area contributed by atoms with Crippen molar-refractivity contribution < 1.29 is 9.63 Å². The lowest BCUT2D eigenvalue weighted by Crippen LogP contribution is -2.21. The number of carbonyl (C=O) groups excluding carboxylic acids is 1. The molecule has 0 spiro atoms. The third-order valence-electron chi connectivity index (χ3n) is 4.37. The van der Waals surface area contributed by atoms with Crippen LogP contribution in [-0.2, 0) is 16.2 Å². The van der Waals surface area contributed by atoms with Gasteiger partial charge in [0, 0.05) is 35.8 Å². The highest BCUT2D eigenvalue weighted by molar-refractivity contribution is 5.92. The van der Waals surface area contributed by atoms with E-state index < -0.39 is 0 Å². The van der Waals surface area contributed by atoms with Crippen LogP contribution in [0.2, 0.25) is 0 Å². The number of aromatic nitrogens is 3. The minimum absolute atomic E-state index is 0.299. The van der Waals surface area contributed by atoms with Crippen molar-refractivity contribution in [3.8, 4) is 16.9 Å². The SMILES string of the molecule is O=C(/C=C/c1cn(-c2ccccc2)nc1-c1cccnc1)NOCc1ccccc1. The standard InChI is InChI=1S/C24H20N4O2/c29-23(27-30-18-19-8-3-1-4-9-19)14-13-21-17-28(22-11-5-2-6-12-22)26-24(21)20-10-7-15-25-16-20/h1-17H,18H2,(H,27,29)/b14-13+. The van der Waals surface area contributed by atoms with Crippen LogP contribution in [0.5, 0.6) is 0 Å². The molecule has 2 aromatic heterocycles. The number of nitrogens with zero attached hydrogens (tertiary/aromatic N) is 3. The lowest BCUT2D eigenvalue weighted by molar-refractivity contribution is -0.129. The number of carbonyl (C=O) groups is 1. The largest absolute Gasteiger partial charge is 0.269 e. The van der Waals surface area contributed by atoms with E-state index in [0.717, 1.165) is 28.1 Å². The summed E-state index contributed by atoms with van der Waals surface area (Å²) in [4.78, 5) is 21.6. The number of hydrogen-bond acceptors (Lipinski definition) is 4. The van der Waals surface area contributed by atoms with Crippen LogP contribution >= 0.6 is 0 Å². The lowest BCUT2D eigenvalue weighted by Gasteiger charge is -2.03. The van der Waals surface area contributed by atoms with Crippen LogP contribution in [0.4, 0.5) is 0 Å². The second-order valence-electron chi connectivity index (χ2n) is 6.53. The van der Waals surface area contributed by atoms with Crippen molar-refractivity contribution in [2.75, 3.05) is 0 Å². The topological polar surface area (TPSA) is 69.0 Å². The van der Waals surface area contributed by atoms with Crippen LogP contribution in [0.3, 0.4) is 0 Å². The summed E-state index contributed by atoms with van der Waals surface area (Å²) in [6.45, 7) is 0.299. The summed E-state index contributed by atoms with van der Waals surface area (Å²) in [7, 11) is 0. The minimum Gasteiger partial charge on any atom is -0.269 e. The first kappa shape index (κ1) is 19.3. The van der Waals surface area contributed by atoms with Gasteiger partial charge in [-0.1, -0.05) is 48.5 Å². The Morgan fingerprint density at radius 3 is 2.50 bits per heavy atom. The van der Waals surface area contributed by atoms with E-state index in [4.69, 9.17) is 9.94 Å². The highest BCUT2D eigenvalue weighted by Gasteiger charge is 2.11. The van der Waals surface area contributed by atoms with Gasteiger partial charge < -0.3 is 0 Å². The molecule has 0 aliphatic rings. The van der Waals surface area contributed by atoms with Crippen molar-refractivity contribution >= 4 is 12.0 Å². The van der Waals surface area contributed by atoms with E-state index in [1.165, 1.54) is 6.08 Å². The maximum absolute atomic E-state index is 12.2. The second-order valence-corrected chi connectivity index (χ2v) is 6.53. The van der Waals surface area contributed by atoms with Gasteiger partial charge in [0.15, 0.2) is 0 Å². The van der Waals surface area contributed by atoms with Gasteiger partial charge in [-0.25, -0.2) is 10.2 Å². The normalized spacial score (nSPS) is 10.9. The highest BCUT2D eigenvalue weighted by atomic mass is 16.6. The molecule has 0 saturated heterocycles. The third-order valence-corrected chi connectivity index (χ3v) is 4.37. The first-order valence-corrected chi connectivity index (χ1v) is 9.49. The fourth-order valence-corrected chi connectivity index (χ4v) is 2.91. The van der Waals surface area contributed by atoms with Crippen LogP contribution < -0.4 is 5.48 Å². The minimum atomic E-state index is -0.351. The number of nitrogens with one attached hydrogen (secondary N) is 1. The highest BCUT2D eigenvalue weighted by Crippen LogP contribution is 2.24. The molecule has 4 aromatic rings. The van der Waals surface area contributed by atoms with Gasteiger partial charge in [0.2, 0.25) is 0 Å². The summed E-state index contributed by atoms with van der Waals surface area (Å²) in [5.74, 6) is -0.351. The van der Waals surface area contributed by atoms with Gasteiger partial charge in [-0.3, -0.25) is 14.6 Å². The molecular weight excluding hydrogens is 376 g/mol. The number of hydrogen-bond donors (Lipinski definition) is 1. The summed E-state index contributed by atoms with van der Waals surface area (Å²) in [6.07, 6.45) is 8.49. The van der Waals surface area contributed by atoms with Gasteiger partial charge in [-0.05, 0) is 35.9 Å². The van der Waals surface area contributed by atoms with Crippen molar-refractivity contribution in [1.29, 1.82) is 0 Å². The van der Waals surface area contributed by atoms with Crippen LogP contribution in [0, 0.1) is 0 Å². The molecule has 0 aliphatic heterocycles. The van der Waals surface area contributed by atoms with E-state index in [9.17, 15) is 4.79 Å². The molecule has 6 nitrogen and oxygen atoms in total. The summed E-state index contributed by atoms with van der Waals surface area (Å²) in [6, 6.07) is 23.2. The number of benzene rings is 2. The van der Waals surface area contributed by atoms with Crippen LogP contribution in [0.25, 0.3) is 23.0 Å². The molecule has 0 fully saturated rings. The number of amides is 1. The van der Waals surface area contributed by atoms with Crippen molar-refractivity contribution in [2.24, 2.45) is 0 Å². The predicted molar refractivity (Wildman–Crippen MR) is 115 cm³/mol. The van der Waals surface area contributed by atoms with Crippen molar-refractivity contribution in [3.05, 3.63) is 109 Å². The van der Waals surface area contributed by atoms with E-state index in [2.05, 4.69) is 10.5 Å². The molecule has 0 saturated carbocycles. The van der Waals surface area contributed by atoms with E-state index in [1.54, 1.807) is 23.2 Å². The molecule has 0 bridgehead atoms. The zero-order chi connectivity index (χ0) is 20.6. The number of pyridine rings is 1. The Bertz CT molecular complexity index is 1120. The fourth-order valence-electron chi connectivity index (χ4n) is 2.91. The van der Waals surface area contributed by atoms with Crippen molar-refractivity contribution in [2.45, 2.75) is 6.61 Å². The summed E-state index contributed by atoms with van der Waals surface area (Å²) < 4.78 is 1.78. The molecule has 30 heavy (non-hydrogen) atoms. The van der Waals surface area contributed by atoms with Crippen LogP contribution in [0.15, 0.2) is 97.5 Å². The zero-order valence-corrected chi connectivity index (χ0v) is 16.2. The molecule has 4 rings (SSSR count). The van der Waals surface area contributed by atoms with E-state index in [1.807, 2.05) is 79.0 Å². The van der Waals surface area contributed by atoms with E-state index >= 15 is 0 Å². The average Bonchev–Trinajstić information content (AvgIpc) is 3.24. The molecule has 0 unspecified atom stereocenters. The molecule has 1 N–H and O–H groups in total.